The minimum absolute atomic E-state index is 0.140. The third-order valence-electron chi connectivity index (χ3n) is 4.85. The van der Waals surface area contributed by atoms with Crippen molar-refractivity contribution in [3.05, 3.63) is 77.1 Å². The van der Waals surface area contributed by atoms with Crippen LogP contribution in [-0.2, 0) is 0 Å². The van der Waals surface area contributed by atoms with Crippen molar-refractivity contribution in [2.24, 2.45) is 0 Å². The van der Waals surface area contributed by atoms with E-state index in [1.165, 1.54) is 0 Å². The van der Waals surface area contributed by atoms with Crippen molar-refractivity contribution < 1.29 is 18.0 Å². The number of carbonyl (C=O) groups excluding carboxylic acids is 1. The number of hydrogen-bond donors (Lipinski definition) is 1. The van der Waals surface area contributed by atoms with E-state index in [2.05, 4.69) is 10.3 Å². The molecule has 1 amide bonds. The number of nitrogens with zero attached hydrogens (tertiary/aromatic N) is 1. The van der Waals surface area contributed by atoms with Crippen LogP contribution in [0.25, 0.3) is 22.3 Å². The maximum Gasteiger partial charge on any atom is 0.263 e. The monoisotopic (exact) mass is 432 g/mol. The lowest BCUT2D eigenvalue weighted by atomic mass is 9.94. The molecular formula is C23H20ClF3N2O. The molecule has 1 N–H and O–H groups in total. The lowest BCUT2D eigenvalue weighted by Gasteiger charge is -2.27. The summed E-state index contributed by atoms with van der Waals surface area (Å²) in [6, 6.07) is 15.7. The van der Waals surface area contributed by atoms with E-state index in [9.17, 15) is 18.0 Å². The van der Waals surface area contributed by atoms with Crippen LogP contribution in [0.2, 0.25) is 5.02 Å². The molecule has 0 aliphatic heterocycles. The normalized spacial score (nSPS) is 13.2. The smallest absolute Gasteiger partial charge is 0.263 e. The second kappa shape index (κ2) is 8.88. The van der Waals surface area contributed by atoms with Crippen molar-refractivity contribution in [3.63, 3.8) is 0 Å². The summed E-state index contributed by atoms with van der Waals surface area (Å²) >= 11 is 5.97. The van der Waals surface area contributed by atoms with E-state index in [1.54, 1.807) is 48.7 Å². The maximum absolute atomic E-state index is 13.3. The van der Waals surface area contributed by atoms with Crippen molar-refractivity contribution in [1.82, 2.24) is 10.3 Å². The van der Waals surface area contributed by atoms with Gasteiger partial charge in [-0.3, -0.25) is 9.78 Å². The highest BCUT2D eigenvalue weighted by molar-refractivity contribution is 6.30. The molecule has 0 radical (unpaired) electrons. The second-order valence-corrected chi connectivity index (χ2v) is 7.68. The second-order valence-electron chi connectivity index (χ2n) is 7.25. The molecule has 0 saturated heterocycles. The van der Waals surface area contributed by atoms with Crippen LogP contribution in [0.15, 0.2) is 60.8 Å². The van der Waals surface area contributed by atoms with Gasteiger partial charge in [0.2, 0.25) is 0 Å². The maximum atomic E-state index is 13.3. The molecule has 0 bridgehead atoms. The van der Waals surface area contributed by atoms with Crippen LogP contribution in [0.5, 0.6) is 0 Å². The number of aromatic nitrogens is 1. The number of alkyl halides is 3. The topological polar surface area (TPSA) is 42.0 Å². The van der Waals surface area contributed by atoms with Gasteiger partial charge in [0.1, 0.15) is 12.2 Å². The van der Waals surface area contributed by atoms with Crippen molar-refractivity contribution in [2.45, 2.75) is 25.8 Å². The molecule has 0 aliphatic carbocycles. The summed E-state index contributed by atoms with van der Waals surface area (Å²) in [6.07, 6.45) is -1.39. The fourth-order valence-electron chi connectivity index (χ4n) is 2.99. The third kappa shape index (κ3) is 4.65. The van der Waals surface area contributed by atoms with E-state index in [1.807, 2.05) is 19.1 Å². The van der Waals surface area contributed by atoms with Crippen LogP contribution < -0.4 is 5.32 Å². The number of rotatable bonds is 6. The molecule has 3 rings (SSSR count). The molecule has 1 aromatic heterocycles. The lowest BCUT2D eigenvalue weighted by Crippen LogP contribution is -2.53. The molecule has 30 heavy (non-hydrogen) atoms. The van der Waals surface area contributed by atoms with Gasteiger partial charge in [-0.1, -0.05) is 29.8 Å². The van der Waals surface area contributed by atoms with Gasteiger partial charge in [0.25, 0.3) is 12.3 Å². The average Bonchev–Trinajstić information content (AvgIpc) is 2.74. The molecule has 1 atom stereocenters. The van der Waals surface area contributed by atoms with E-state index >= 15 is 0 Å². The molecule has 7 heteroatoms. The van der Waals surface area contributed by atoms with Crippen LogP contribution in [0.1, 0.15) is 23.0 Å². The number of nitrogens with one attached hydrogen (secondary N) is 1. The summed E-state index contributed by atoms with van der Waals surface area (Å²) in [7, 11) is 0. The van der Waals surface area contributed by atoms with Gasteiger partial charge in [0.05, 0.1) is 0 Å². The van der Waals surface area contributed by atoms with E-state index in [0.29, 0.717) is 16.1 Å². The number of benzene rings is 2. The predicted molar refractivity (Wildman–Crippen MR) is 113 cm³/mol. The zero-order chi connectivity index (χ0) is 21.9. The van der Waals surface area contributed by atoms with Crippen molar-refractivity contribution in [1.29, 1.82) is 0 Å². The van der Waals surface area contributed by atoms with Gasteiger partial charge < -0.3 is 5.32 Å². The first kappa shape index (κ1) is 21.8. The number of aryl methyl sites for hydroxylation is 1. The third-order valence-corrected chi connectivity index (χ3v) is 5.10. The zero-order valence-corrected chi connectivity index (χ0v) is 17.2. The van der Waals surface area contributed by atoms with Gasteiger partial charge in [-0.2, -0.15) is 0 Å². The highest BCUT2D eigenvalue weighted by atomic mass is 35.5. The molecule has 0 aliphatic rings. The van der Waals surface area contributed by atoms with Crippen molar-refractivity contribution in [3.8, 4) is 22.3 Å². The molecule has 1 heterocycles. The van der Waals surface area contributed by atoms with E-state index in [4.69, 9.17) is 11.6 Å². The van der Waals surface area contributed by atoms with Gasteiger partial charge in [0.15, 0.2) is 0 Å². The SMILES string of the molecule is Cc1ncccc1-c1cc(C(=O)NC(C)(CF)C(F)F)cc(-c2ccc(Cl)cc2)c1. The number of pyridine rings is 1. The van der Waals surface area contributed by atoms with E-state index in [-0.39, 0.29) is 5.56 Å². The quantitative estimate of drug-likeness (QED) is 0.511. The van der Waals surface area contributed by atoms with Crippen LogP contribution in [0.4, 0.5) is 13.2 Å². The summed E-state index contributed by atoms with van der Waals surface area (Å²) < 4.78 is 39.8. The van der Waals surface area contributed by atoms with Crippen LogP contribution in [0, 0.1) is 6.92 Å². The minimum Gasteiger partial charge on any atom is -0.339 e. The molecule has 3 aromatic rings. The van der Waals surface area contributed by atoms with Crippen molar-refractivity contribution in [2.75, 3.05) is 6.67 Å². The van der Waals surface area contributed by atoms with E-state index < -0.39 is 24.5 Å². The van der Waals surface area contributed by atoms with Crippen molar-refractivity contribution >= 4 is 17.5 Å². The van der Waals surface area contributed by atoms with Crippen LogP contribution >= 0.6 is 11.6 Å². The molecule has 156 valence electrons. The van der Waals surface area contributed by atoms with Gasteiger partial charge in [0, 0.05) is 28.0 Å². The first-order chi connectivity index (χ1) is 14.2. The Kier molecular flexibility index (Phi) is 6.46. The first-order valence-corrected chi connectivity index (χ1v) is 9.61. The summed E-state index contributed by atoms with van der Waals surface area (Å²) in [5.74, 6) is -0.783. The largest absolute Gasteiger partial charge is 0.339 e. The molecule has 0 saturated carbocycles. The van der Waals surface area contributed by atoms with E-state index in [0.717, 1.165) is 23.7 Å². The average molecular weight is 433 g/mol. The molecule has 1 unspecified atom stereocenters. The lowest BCUT2D eigenvalue weighted by molar-refractivity contribution is 0.0239. The highest BCUT2D eigenvalue weighted by Crippen LogP contribution is 2.30. The molecule has 2 aromatic carbocycles. The summed E-state index contributed by atoms with van der Waals surface area (Å²) in [4.78, 5) is 17.1. The summed E-state index contributed by atoms with van der Waals surface area (Å²) in [5.41, 5.74) is 1.59. The summed E-state index contributed by atoms with van der Waals surface area (Å²) in [6.45, 7) is 1.42. The van der Waals surface area contributed by atoms with Gasteiger partial charge in [-0.15, -0.1) is 0 Å². The number of amides is 1. The van der Waals surface area contributed by atoms with Gasteiger partial charge in [-0.05, 0) is 66.9 Å². The Morgan fingerprint density at radius 1 is 1.10 bits per heavy atom. The Bertz CT molecular complexity index is 1060. The molecule has 0 spiro atoms. The Labute approximate surface area is 177 Å². The molecule has 3 nitrogen and oxygen atoms in total. The number of hydrogen-bond acceptors (Lipinski definition) is 2. The van der Waals surface area contributed by atoms with Crippen LogP contribution in [0.3, 0.4) is 0 Å². The van der Waals surface area contributed by atoms with Gasteiger partial charge >= 0.3 is 0 Å². The number of halogens is 4. The van der Waals surface area contributed by atoms with Gasteiger partial charge in [-0.25, -0.2) is 13.2 Å². The highest BCUT2D eigenvalue weighted by Gasteiger charge is 2.37. The minimum atomic E-state index is -3.05. The fraction of sp³-hybridized carbons (Fsp3) is 0.217. The first-order valence-electron chi connectivity index (χ1n) is 9.23. The predicted octanol–water partition coefficient (Wildman–Crippen LogP) is 6.10. The Morgan fingerprint density at radius 2 is 1.77 bits per heavy atom. The summed E-state index contributed by atoms with van der Waals surface area (Å²) in [5, 5.41) is 2.70. The Morgan fingerprint density at radius 3 is 2.37 bits per heavy atom. The zero-order valence-electron chi connectivity index (χ0n) is 16.4. The number of carbonyl (C=O) groups is 1. The van der Waals surface area contributed by atoms with Crippen LogP contribution in [-0.4, -0.2) is 29.5 Å². The fourth-order valence-corrected chi connectivity index (χ4v) is 3.12. The standard InChI is InChI=1S/C23H20ClF3N2O/c1-14-20(4-3-9-28-14)17-10-16(15-5-7-19(24)8-6-15)11-18(12-17)21(30)29-23(2,13-25)22(26)27/h3-12,22H,13H2,1-2H3,(H,29,30). The Hall–Kier alpha value is -2.86. The Balaban J connectivity index is 2.11. The molecule has 0 fully saturated rings. The molecular weight excluding hydrogens is 413 g/mol.